The number of aryl methyl sites for hydroxylation is 1. The Kier molecular flexibility index (Phi) is 5.86. The number of pyridine rings is 2. The summed E-state index contributed by atoms with van der Waals surface area (Å²) in [6, 6.07) is 1.92. The number of aromatic nitrogens is 2. The summed E-state index contributed by atoms with van der Waals surface area (Å²) in [4.78, 5) is 43.4. The molecule has 9 nitrogen and oxygen atoms in total. The maximum atomic E-state index is 15.0. The zero-order chi connectivity index (χ0) is 28.7. The zero-order valence-corrected chi connectivity index (χ0v) is 21.9. The molecule has 0 fully saturated rings. The Bertz CT molecular complexity index is 1700. The summed E-state index contributed by atoms with van der Waals surface area (Å²) >= 11 is 0. The van der Waals surface area contributed by atoms with Crippen LogP contribution in [0.1, 0.15) is 65.6 Å². The first-order valence-corrected chi connectivity index (χ1v) is 13.1. The van der Waals surface area contributed by atoms with E-state index in [-0.39, 0.29) is 49.2 Å². The zero-order valence-electron chi connectivity index (χ0n) is 21.9. The summed E-state index contributed by atoms with van der Waals surface area (Å²) in [6.07, 6.45) is -0.300. The van der Waals surface area contributed by atoms with E-state index in [2.05, 4.69) is 5.32 Å². The number of alkyl halides is 2. The van der Waals surface area contributed by atoms with Gasteiger partial charge in [-0.05, 0) is 55.5 Å². The third-order valence-electron chi connectivity index (χ3n) is 8.47. The Hall–Kier alpha value is -3.77. The van der Waals surface area contributed by atoms with Gasteiger partial charge in [0.2, 0.25) is 0 Å². The summed E-state index contributed by atoms with van der Waals surface area (Å²) in [5.41, 5.74) is 5.96. The van der Waals surface area contributed by atoms with E-state index >= 15 is 0 Å². The van der Waals surface area contributed by atoms with E-state index in [1.54, 1.807) is 13.8 Å². The number of carbonyl (C=O) groups excluding carboxylic acids is 2. The second-order valence-corrected chi connectivity index (χ2v) is 10.6. The number of aliphatic hydroxyl groups is 1. The fourth-order valence-corrected chi connectivity index (χ4v) is 6.26. The predicted octanol–water partition coefficient (Wildman–Crippen LogP) is 2.61. The molecule has 1 aromatic carbocycles. The highest BCUT2D eigenvalue weighted by atomic mass is 19.3. The molecule has 40 heavy (non-hydrogen) atoms. The number of hydrogen-bond donors (Lipinski definition) is 3. The summed E-state index contributed by atoms with van der Waals surface area (Å²) in [5.74, 6) is -6.49. The van der Waals surface area contributed by atoms with E-state index in [4.69, 9.17) is 15.5 Å². The van der Waals surface area contributed by atoms with Crippen LogP contribution in [0.4, 0.5) is 13.2 Å². The summed E-state index contributed by atoms with van der Waals surface area (Å²) in [6.45, 7) is 2.55. The molecule has 2 aliphatic heterocycles. The summed E-state index contributed by atoms with van der Waals surface area (Å²) in [7, 11) is 0. The number of carbonyl (C=O) groups is 2. The van der Waals surface area contributed by atoms with Gasteiger partial charge in [0, 0.05) is 29.0 Å². The minimum Gasteiger partial charge on any atom is -0.458 e. The molecule has 3 aliphatic rings. The van der Waals surface area contributed by atoms with Crippen LogP contribution in [0.3, 0.4) is 0 Å². The van der Waals surface area contributed by atoms with Crippen molar-refractivity contribution >= 4 is 22.8 Å². The molecule has 0 radical (unpaired) electrons. The van der Waals surface area contributed by atoms with Crippen LogP contribution in [0.2, 0.25) is 0 Å². The van der Waals surface area contributed by atoms with Crippen molar-refractivity contribution in [2.45, 2.75) is 70.2 Å². The molecule has 2 aromatic heterocycles. The fraction of sp³-hybridized carbons (Fsp3) is 0.429. The number of rotatable bonds is 5. The van der Waals surface area contributed by atoms with Gasteiger partial charge in [-0.1, -0.05) is 6.92 Å². The van der Waals surface area contributed by atoms with Crippen molar-refractivity contribution in [3.8, 4) is 11.4 Å². The first-order valence-electron chi connectivity index (χ1n) is 13.1. The lowest BCUT2D eigenvalue weighted by molar-refractivity contribution is -0.172. The van der Waals surface area contributed by atoms with E-state index in [9.17, 15) is 32.7 Å². The lowest BCUT2D eigenvalue weighted by Crippen LogP contribution is -2.44. The number of nitrogens with zero attached hydrogens (tertiary/aromatic N) is 2. The third kappa shape index (κ3) is 3.55. The predicted molar refractivity (Wildman–Crippen MR) is 137 cm³/mol. The number of hydrogen-bond acceptors (Lipinski definition) is 7. The summed E-state index contributed by atoms with van der Waals surface area (Å²) in [5, 5.41) is 14.2. The molecule has 1 amide bonds. The second-order valence-electron chi connectivity index (χ2n) is 10.6. The highest BCUT2D eigenvalue weighted by Gasteiger charge is 2.46. The van der Waals surface area contributed by atoms with Crippen molar-refractivity contribution in [2.24, 2.45) is 5.73 Å². The number of esters is 1. The normalized spacial score (nSPS) is 21.1. The molecule has 210 valence electrons. The highest BCUT2D eigenvalue weighted by molar-refractivity contribution is 5.94. The number of benzene rings is 1. The van der Waals surface area contributed by atoms with Crippen molar-refractivity contribution in [1.82, 2.24) is 14.9 Å². The van der Waals surface area contributed by atoms with Crippen LogP contribution in [-0.2, 0) is 39.5 Å². The SMILES string of the molecule is CCC1(O)C(=O)OCc2c1cc1n(c2=O)Cc2c-1nc1cc(F)c(C)c3c1c2C(NC(=O)C(F)(F)CCN)CC3. The highest BCUT2D eigenvalue weighted by Crippen LogP contribution is 2.46. The van der Waals surface area contributed by atoms with Crippen molar-refractivity contribution in [1.29, 1.82) is 0 Å². The number of fused-ring (bicyclic) bond motifs is 5. The molecule has 4 N–H and O–H groups in total. The lowest BCUT2D eigenvalue weighted by Gasteiger charge is -2.31. The molecule has 0 saturated carbocycles. The van der Waals surface area contributed by atoms with Gasteiger partial charge in [0.05, 0.1) is 35.1 Å². The van der Waals surface area contributed by atoms with E-state index in [1.807, 2.05) is 0 Å². The molecule has 4 heterocycles. The summed E-state index contributed by atoms with van der Waals surface area (Å²) < 4.78 is 50.4. The smallest absolute Gasteiger partial charge is 0.343 e. The molecule has 2 unspecified atom stereocenters. The van der Waals surface area contributed by atoms with Gasteiger partial charge in [0.1, 0.15) is 12.4 Å². The Balaban J connectivity index is 1.60. The minimum absolute atomic E-state index is 0.00891. The maximum absolute atomic E-state index is 15.0. The third-order valence-corrected chi connectivity index (χ3v) is 8.47. The Labute approximate surface area is 226 Å². The van der Waals surface area contributed by atoms with Crippen molar-refractivity contribution < 1.29 is 32.6 Å². The quantitative estimate of drug-likeness (QED) is 0.322. The molecular weight excluding hydrogens is 529 g/mol. The molecular formula is C28H27F3N4O5. The van der Waals surface area contributed by atoms with E-state index < -0.39 is 47.2 Å². The molecule has 0 spiro atoms. The average molecular weight is 557 g/mol. The molecule has 6 rings (SSSR count). The molecule has 3 aromatic rings. The van der Waals surface area contributed by atoms with E-state index in [1.165, 1.54) is 16.7 Å². The Morgan fingerprint density at radius 2 is 2.05 bits per heavy atom. The van der Waals surface area contributed by atoms with Crippen LogP contribution >= 0.6 is 0 Å². The molecule has 0 saturated heterocycles. The molecule has 2 atom stereocenters. The number of cyclic esters (lactones) is 1. The van der Waals surface area contributed by atoms with Gasteiger partial charge in [0.15, 0.2) is 5.60 Å². The number of amides is 1. The topological polar surface area (TPSA) is 137 Å². The first-order chi connectivity index (χ1) is 18.9. The van der Waals surface area contributed by atoms with Crippen LogP contribution in [0.25, 0.3) is 22.3 Å². The van der Waals surface area contributed by atoms with Crippen molar-refractivity contribution in [2.75, 3.05) is 6.54 Å². The van der Waals surface area contributed by atoms with Gasteiger partial charge in [-0.15, -0.1) is 0 Å². The lowest BCUT2D eigenvalue weighted by atomic mass is 9.81. The van der Waals surface area contributed by atoms with E-state index in [0.29, 0.717) is 45.4 Å². The van der Waals surface area contributed by atoms with Crippen LogP contribution in [0.5, 0.6) is 0 Å². The Morgan fingerprint density at radius 3 is 2.75 bits per heavy atom. The number of nitrogens with one attached hydrogen (secondary N) is 1. The molecule has 12 heteroatoms. The standard InChI is InChI=1S/C28H27F3N4O5/c1-3-27(39)16-8-20-23-14(10-35(20)24(36)15(16)11-40-26(27)38)22-18(34-25(37)28(30,31)6-7-32)5-4-13-12(2)17(29)9-19(33-23)21(13)22/h8-9,18,39H,3-7,10-11,32H2,1-2H3,(H,34,37). The minimum atomic E-state index is -3.68. The van der Waals surface area contributed by atoms with Crippen molar-refractivity contribution in [3.63, 3.8) is 0 Å². The fourth-order valence-electron chi connectivity index (χ4n) is 6.26. The number of nitrogens with two attached hydrogens (primary N) is 1. The van der Waals surface area contributed by atoms with Gasteiger partial charge in [-0.2, -0.15) is 8.78 Å². The van der Waals surface area contributed by atoms with Gasteiger partial charge in [-0.25, -0.2) is 14.2 Å². The van der Waals surface area contributed by atoms with Gasteiger partial charge < -0.3 is 25.5 Å². The van der Waals surface area contributed by atoms with Gasteiger partial charge >= 0.3 is 11.9 Å². The number of halogens is 3. The number of ether oxygens (including phenoxy) is 1. The average Bonchev–Trinajstić information content (AvgIpc) is 3.28. The maximum Gasteiger partial charge on any atom is 0.343 e. The van der Waals surface area contributed by atoms with Gasteiger partial charge in [-0.3, -0.25) is 9.59 Å². The van der Waals surface area contributed by atoms with Crippen LogP contribution in [0, 0.1) is 12.7 Å². The van der Waals surface area contributed by atoms with Crippen LogP contribution in [-0.4, -0.2) is 39.0 Å². The van der Waals surface area contributed by atoms with E-state index in [0.717, 1.165) is 0 Å². The second kappa shape index (κ2) is 8.87. The Morgan fingerprint density at radius 1 is 1.30 bits per heavy atom. The van der Waals surface area contributed by atoms with Crippen LogP contribution in [0.15, 0.2) is 16.9 Å². The first kappa shape index (κ1) is 26.5. The molecule has 1 aliphatic carbocycles. The van der Waals surface area contributed by atoms with Crippen molar-refractivity contribution in [3.05, 3.63) is 61.7 Å². The largest absolute Gasteiger partial charge is 0.458 e. The van der Waals surface area contributed by atoms with Crippen LogP contribution < -0.4 is 16.6 Å². The monoisotopic (exact) mass is 556 g/mol. The molecule has 0 bridgehead atoms. The van der Waals surface area contributed by atoms with Gasteiger partial charge in [0.25, 0.3) is 11.5 Å².